The Morgan fingerprint density at radius 1 is 1.14 bits per heavy atom. The van der Waals surface area contributed by atoms with Crippen LogP contribution in [0.2, 0.25) is 0 Å². The summed E-state index contributed by atoms with van der Waals surface area (Å²) in [6.07, 6.45) is 9.85. The number of carbonyl (C=O) groups excluding carboxylic acids is 1. The third kappa shape index (κ3) is 3.93. The highest BCUT2D eigenvalue weighted by molar-refractivity contribution is 7.96. The lowest BCUT2D eigenvalue weighted by Gasteiger charge is -2.64. The monoisotopic (exact) mass is 421 g/mol. The summed E-state index contributed by atoms with van der Waals surface area (Å²) in [6, 6.07) is 0. The van der Waals surface area contributed by atoms with Crippen LogP contribution in [0.1, 0.15) is 64.2 Å². The summed E-state index contributed by atoms with van der Waals surface area (Å²) in [5.41, 5.74) is -0.0279. The molecule has 1 N–H and O–H groups in total. The third-order valence-electron chi connectivity index (χ3n) is 7.70. The molecule has 0 saturated heterocycles. The van der Waals surface area contributed by atoms with Gasteiger partial charge in [-0.3, -0.25) is 5.04 Å². The number of carbonyl (C=O) groups is 1. The van der Waals surface area contributed by atoms with E-state index in [0.717, 1.165) is 44.9 Å². The lowest BCUT2D eigenvalue weighted by atomic mass is 9.41. The molecule has 28 heavy (non-hydrogen) atoms. The molecule has 5 aliphatic rings. The van der Waals surface area contributed by atoms with Crippen molar-refractivity contribution in [3.63, 3.8) is 0 Å². The first-order chi connectivity index (χ1) is 13.3. The van der Waals surface area contributed by atoms with Crippen LogP contribution >= 0.6 is 12.0 Å². The molecule has 0 aliphatic heterocycles. The maximum Gasteiger partial charge on any atom is 0.415 e. The number of rotatable bonds is 7. The zero-order chi connectivity index (χ0) is 20.0. The van der Waals surface area contributed by atoms with Gasteiger partial charge >= 0.3 is 11.2 Å². The fourth-order valence-electron chi connectivity index (χ4n) is 7.25. The molecule has 5 saturated carbocycles. The van der Waals surface area contributed by atoms with Gasteiger partial charge in [-0.25, -0.2) is 4.79 Å². The Kier molecular flexibility index (Phi) is 5.68. The molecule has 0 amide bonds. The van der Waals surface area contributed by atoms with Crippen molar-refractivity contribution in [3.05, 3.63) is 0 Å². The molecule has 5 fully saturated rings. The van der Waals surface area contributed by atoms with Crippen molar-refractivity contribution in [2.75, 3.05) is 6.61 Å². The number of hydrogen-bond acceptors (Lipinski definition) is 7. The van der Waals surface area contributed by atoms with Crippen molar-refractivity contribution in [2.24, 2.45) is 28.6 Å². The molecule has 2 unspecified atom stereocenters. The van der Waals surface area contributed by atoms with Crippen LogP contribution in [0.3, 0.4) is 0 Å². The van der Waals surface area contributed by atoms with E-state index in [2.05, 4.69) is 9.37 Å². The normalized spacial score (nSPS) is 42.6. The van der Waals surface area contributed by atoms with Gasteiger partial charge in [0.05, 0.1) is 12.7 Å². The minimum absolute atomic E-state index is 0.00961. The zero-order valence-electron chi connectivity index (χ0n) is 15.7. The molecule has 0 aromatic rings. The van der Waals surface area contributed by atoms with Gasteiger partial charge in [0.2, 0.25) is 0 Å². The highest BCUT2D eigenvalue weighted by Gasteiger charge is 2.60. The molecule has 2 atom stereocenters. The molecule has 0 aromatic heterocycles. The summed E-state index contributed by atoms with van der Waals surface area (Å²) in [6.45, 7) is -0.00961. The fraction of sp³-hybridized carbons (Fsp3) is 0.947. The number of aliphatic hydroxyl groups excluding tert-OH is 1. The molecular formula is C19H27F2O6S-. The lowest BCUT2D eigenvalue weighted by molar-refractivity contribution is -0.777. The summed E-state index contributed by atoms with van der Waals surface area (Å²) >= 11 is -0.640. The molecule has 160 valence electrons. The van der Waals surface area contributed by atoms with Gasteiger partial charge in [-0.2, -0.15) is 13.1 Å². The first kappa shape index (κ1) is 20.8. The van der Waals surface area contributed by atoms with Gasteiger partial charge < -0.3 is 15.1 Å². The van der Waals surface area contributed by atoms with E-state index in [1.807, 2.05) is 0 Å². The number of esters is 1. The Balaban J connectivity index is 1.44. The van der Waals surface area contributed by atoms with Gasteiger partial charge in [-0.15, -0.1) is 0 Å². The average Bonchev–Trinajstić information content (AvgIpc) is 2.64. The molecule has 0 radical (unpaired) electrons. The molecule has 5 rings (SSSR count). The van der Waals surface area contributed by atoms with Gasteiger partial charge in [0.1, 0.15) is 12.0 Å². The van der Waals surface area contributed by atoms with Crippen LogP contribution in [-0.2, 0) is 18.9 Å². The van der Waals surface area contributed by atoms with Crippen LogP contribution in [0.15, 0.2) is 0 Å². The van der Waals surface area contributed by atoms with Gasteiger partial charge in [0, 0.05) is 5.41 Å². The van der Waals surface area contributed by atoms with Gasteiger partial charge in [-0.1, -0.05) is 0 Å². The van der Waals surface area contributed by atoms with Crippen LogP contribution < -0.4 is 5.26 Å². The van der Waals surface area contributed by atoms with Crippen molar-refractivity contribution < 1.29 is 38.0 Å². The SMILES string of the molecule is O=C(OCC12CC3CC(C1)CC(C1CCC(O)CC1)(C3)C2)C(F)(F)SOO[O-]. The quantitative estimate of drug-likeness (QED) is 0.292. The number of hydrogen-bond donors (Lipinski definition) is 1. The Morgan fingerprint density at radius 2 is 1.79 bits per heavy atom. The topological polar surface area (TPSA) is 88.1 Å². The van der Waals surface area contributed by atoms with Gasteiger partial charge in [0.15, 0.2) is 0 Å². The highest BCUT2D eigenvalue weighted by atomic mass is 32.2. The molecule has 4 bridgehead atoms. The summed E-state index contributed by atoms with van der Waals surface area (Å²) in [4.78, 5) is 11.8. The molecule has 9 heteroatoms. The predicted octanol–water partition coefficient (Wildman–Crippen LogP) is 3.13. The molecule has 0 aromatic carbocycles. The smallest absolute Gasteiger partial charge is 0.415 e. The van der Waals surface area contributed by atoms with E-state index in [-0.39, 0.29) is 23.5 Å². The van der Waals surface area contributed by atoms with E-state index in [1.54, 1.807) is 0 Å². The maximum atomic E-state index is 13.7. The lowest BCUT2D eigenvalue weighted by Crippen LogP contribution is -2.56. The van der Waals surface area contributed by atoms with Crippen LogP contribution in [0.4, 0.5) is 8.78 Å². The summed E-state index contributed by atoms with van der Waals surface area (Å²) < 4.78 is 36.0. The van der Waals surface area contributed by atoms with Crippen molar-refractivity contribution >= 4 is 18.0 Å². The van der Waals surface area contributed by atoms with Crippen LogP contribution in [-0.4, -0.2) is 29.0 Å². The second kappa shape index (κ2) is 7.65. The first-order valence-corrected chi connectivity index (χ1v) is 10.9. The summed E-state index contributed by atoms with van der Waals surface area (Å²) in [5, 5.41) is 18.5. The van der Waals surface area contributed by atoms with E-state index < -0.39 is 23.3 Å². The van der Waals surface area contributed by atoms with E-state index in [1.165, 1.54) is 19.3 Å². The Morgan fingerprint density at radius 3 is 2.39 bits per heavy atom. The maximum absolute atomic E-state index is 13.7. The second-order valence-electron chi connectivity index (χ2n) is 9.64. The summed E-state index contributed by atoms with van der Waals surface area (Å²) in [5.74, 6) is 0.00868. The van der Waals surface area contributed by atoms with E-state index >= 15 is 0 Å². The van der Waals surface area contributed by atoms with E-state index in [4.69, 9.17) is 4.74 Å². The number of ether oxygens (including phenoxy) is 1. The molecule has 6 nitrogen and oxygen atoms in total. The second-order valence-corrected chi connectivity index (χ2v) is 10.5. The van der Waals surface area contributed by atoms with Crippen LogP contribution in [0, 0.1) is 28.6 Å². The van der Waals surface area contributed by atoms with E-state index in [9.17, 15) is 23.9 Å². The number of halogens is 2. The zero-order valence-corrected chi connectivity index (χ0v) is 16.6. The van der Waals surface area contributed by atoms with Crippen LogP contribution in [0.25, 0.3) is 0 Å². The largest absolute Gasteiger partial charge is 0.691 e. The minimum atomic E-state index is -3.98. The number of aliphatic hydroxyl groups is 1. The van der Waals surface area contributed by atoms with Crippen molar-refractivity contribution in [1.29, 1.82) is 0 Å². The Hall–Kier alpha value is -0.480. The molecular weight excluding hydrogens is 394 g/mol. The minimum Gasteiger partial charge on any atom is -0.691 e. The number of alkyl halides is 2. The molecule has 0 spiro atoms. The van der Waals surface area contributed by atoms with E-state index in [0.29, 0.717) is 17.8 Å². The first-order valence-electron chi connectivity index (χ1n) is 10.1. The standard InChI is InChI=1S/C19H28F2O6S/c20-19(21,28-27-26-24)16(23)25-11-17-6-12-5-13(7-17)9-18(8-12,10-17)14-1-3-15(22)4-2-14/h12-15,22,24H,1-11H2/p-1. The predicted molar refractivity (Wildman–Crippen MR) is 93.2 cm³/mol. The molecule has 0 heterocycles. The Labute approximate surface area is 167 Å². The third-order valence-corrected chi connectivity index (χ3v) is 8.20. The van der Waals surface area contributed by atoms with Crippen molar-refractivity contribution in [1.82, 2.24) is 0 Å². The Bertz CT molecular complexity index is 581. The summed E-state index contributed by atoms with van der Waals surface area (Å²) in [7, 11) is 0. The van der Waals surface area contributed by atoms with Gasteiger partial charge in [-0.05, 0) is 87.4 Å². The van der Waals surface area contributed by atoms with Crippen LogP contribution in [0.5, 0.6) is 0 Å². The fourth-order valence-corrected chi connectivity index (χ4v) is 7.49. The van der Waals surface area contributed by atoms with Gasteiger partial charge in [0.25, 0.3) is 0 Å². The van der Waals surface area contributed by atoms with Crippen molar-refractivity contribution in [3.8, 4) is 0 Å². The van der Waals surface area contributed by atoms with Crippen molar-refractivity contribution in [2.45, 2.75) is 75.6 Å². The average molecular weight is 421 g/mol. The highest BCUT2D eigenvalue weighted by Crippen LogP contribution is 2.68. The molecule has 5 aliphatic carbocycles.